The molecule has 0 aliphatic heterocycles. The number of ether oxygens (including phenoxy) is 1. The van der Waals surface area contributed by atoms with Gasteiger partial charge in [-0.2, -0.15) is 13.2 Å². The number of amides is 1. The highest BCUT2D eigenvalue weighted by molar-refractivity contribution is 6.30. The number of nitrogens with one attached hydrogen (secondary N) is 1. The molecule has 0 aromatic heterocycles. The lowest BCUT2D eigenvalue weighted by atomic mass is 9.85. The summed E-state index contributed by atoms with van der Waals surface area (Å²) in [4.78, 5) is 12.4. The summed E-state index contributed by atoms with van der Waals surface area (Å²) in [5.41, 5.74) is -1.13. The fourth-order valence-corrected chi connectivity index (χ4v) is 2.89. The summed E-state index contributed by atoms with van der Waals surface area (Å²) >= 11 is 5.80. The average molecular weight is 364 g/mol. The maximum Gasteiger partial charge on any atom is 0.391 e. The largest absolute Gasteiger partial charge is 0.478 e. The topological polar surface area (TPSA) is 38.3 Å². The lowest BCUT2D eigenvalue weighted by molar-refractivity contribution is -0.182. The summed E-state index contributed by atoms with van der Waals surface area (Å²) in [6, 6.07) is 6.38. The zero-order chi connectivity index (χ0) is 18.0. The van der Waals surface area contributed by atoms with Gasteiger partial charge >= 0.3 is 6.18 Å². The molecule has 0 radical (unpaired) electrons. The Hall–Kier alpha value is -1.43. The molecular formula is C17H21ClF3NO2. The molecule has 1 aromatic carbocycles. The second-order valence-electron chi connectivity index (χ2n) is 6.63. The van der Waals surface area contributed by atoms with Gasteiger partial charge in [-0.15, -0.1) is 0 Å². The Morgan fingerprint density at radius 1 is 1.12 bits per heavy atom. The van der Waals surface area contributed by atoms with Crippen molar-refractivity contribution in [3.05, 3.63) is 29.3 Å². The first-order valence-corrected chi connectivity index (χ1v) is 8.28. The Kier molecular flexibility index (Phi) is 5.68. The standard InChI is InChI=1S/C17H21ClF3NO2/c1-16(2,24-14-9-5-12(18)6-10-14)15(23)22-13-7-3-11(4-8-13)17(19,20)21/h5-6,9-11,13H,3-4,7-8H2,1-2H3,(H,22,23). The summed E-state index contributed by atoms with van der Waals surface area (Å²) < 4.78 is 43.7. The second kappa shape index (κ2) is 7.21. The maximum absolute atomic E-state index is 12.7. The third kappa shape index (κ3) is 5.03. The van der Waals surface area contributed by atoms with Crippen LogP contribution in [0.1, 0.15) is 39.5 Å². The van der Waals surface area contributed by atoms with Crippen molar-refractivity contribution in [2.75, 3.05) is 0 Å². The van der Waals surface area contributed by atoms with Gasteiger partial charge in [0.05, 0.1) is 5.92 Å². The summed E-state index contributed by atoms with van der Waals surface area (Å²) in [6.45, 7) is 3.25. The number of halogens is 4. The zero-order valence-electron chi connectivity index (χ0n) is 13.6. The van der Waals surface area contributed by atoms with E-state index in [1.807, 2.05) is 0 Å². The van der Waals surface area contributed by atoms with Gasteiger partial charge in [0.1, 0.15) is 5.75 Å². The first kappa shape index (κ1) is 18.9. The van der Waals surface area contributed by atoms with Crippen LogP contribution in [0.5, 0.6) is 5.75 Å². The SMILES string of the molecule is CC(C)(Oc1ccc(Cl)cc1)C(=O)NC1CCC(C(F)(F)F)CC1. The summed E-state index contributed by atoms with van der Waals surface area (Å²) in [5, 5.41) is 3.37. The number of hydrogen-bond acceptors (Lipinski definition) is 2. The van der Waals surface area contributed by atoms with E-state index in [-0.39, 0.29) is 24.8 Å². The smallest absolute Gasteiger partial charge is 0.391 e. The van der Waals surface area contributed by atoms with Crippen molar-refractivity contribution in [1.29, 1.82) is 0 Å². The summed E-state index contributed by atoms with van der Waals surface area (Å²) in [6.07, 6.45) is -3.40. The van der Waals surface area contributed by atoms with Crippen LogP contribution in [-0.2, 0) is 4.79 Å². The van der Waals surface area contributed by atoms with Crippen LogP contribution >= 0.6 is 11.6 Å². The Bertz CT molecular complexity index is 564. The molecule has 24 heavy (non-hydrogen) atoms. The Balaban J connectivity index is 1.88. The molecule has 0 atom stereocenters. The molecule has 0 heterocycles. The molecule has 1 aliphatic rings. The van der Waals surface area contributed by atoms with Crippen LogP contribution in [0.2, 0.25) is 5.02 Å². The van der Waals surface area contributed by atoms with Gasteiger partial charge < -0.3 is 10.1 Å². The van der Waals surface area contributed by atoms with Crippen molar-refractivity contribution in [2.45, 2.75) is 57.3 Å². The van der Waals surface area contributed by atoms with Gasteiger partial charge in [-0.3, -0.25) is 4.79 Å². The molecule has 0 unspecified atom stereocenters. The number of alkyl halides is 3. The molecule has 134 valence electrons. The average Bonchev–Trinajstić information content (AvgIpc) is 2.49. The molecule has 1 fully saturated rings. The summed E-state index contributed by atoms with van der Waals surface area (Å²) in [7, 11) is 0. The van der Waals surface area contributed by atoms with E-state index in [9.17, 15) is 18.0 Å². The predicted molar refractivity (Wildman–Crippen MR) is 86.1 cm³/mol. The van der Waals surface area contributed by atoms with E-state index in [2.05, 4.69) is 5.32 Å². The van der Waals surface area contributed by atoms with Gasteiger partial charge in [0.25, 0.3) is 5.91 Å². The van der Waals surface area contributed by atoms with Gasteiger partial charge in [0, 0.05) is 11.1 Å². The van der Waals surface area contributed by atoms with Crippen LogP contribution in [0.4, 0.5) is 13.2 Å². The van der Waals surface area contributed by atoms with Gasteiger partial charge in [-0.05, 0) is 63.8 Å². The molecule has 1 saturated carbocycles. The van der Waals surface area contributed by atoms with E-state index < -0.39 is 17.7 Å². The predicted octanol–water partition coefficient (Wildman–Crippen LogP) is 4.73. The van der Waals surface area contributed by atoms with Crippen LogP contribution in [-0.4, -0.2) is 23.7 Å². The highest BCUT2D eigenvalue weighted by atomic mass is 35.5. The van der Waals surface area contributed by atoms with E-state index >= 15 is 0 Å². The normalized spacial score (nSPS) is 22.1. The molecular weight excluding hydrogens is 343 g/mol. The molecule has 7 heteroatoms. The van der Waals surface area contributed by atoms with Crippen LogP contribution in [0, 0.1) is 5.92 Å². The van der Waals surface area contributed by atoms with Crippen LogP contribution in [0.25, 0.3) is 0 Å². The molecule has 1 amide bonds. The molecule has 0 saturated heterocycles. The van der Waals surface area contributed by atoms with E-state index in [1.54, 1.807) is 38.1 Å². The van der Waals surface area contributed by atoms with Gasteiger partial charge in [0.2, 0.25) is 0 Å². The minimum absolute atomic E-state index is 0.0485. The van der Waals surface area contributed by atoms with Crippen LogP contribution in [0.15, 0.2) is 24.3 Å². The third-order valence-corrected chi connectivity index (χ3v) is 4.51. The molecule has 0 spiro atoms. The molecule has 3 nitrogen and oxygen atoms in total. The van der Waals surface area contributed by atoms with Crippen molar-refractivity contribution in [3.63, 3.8) is 0 Å². The first-order valence-electron chi connectivity index (χ1n) is 7.90. The van der Waals surface area contributed by atoms with E-state index in [1.165, 1.54) is 0 Å². The van der Waals surface area contributed by atoms with Crippen molar-refractivity contribution >= 4 is 17.5 Å². The van der Waals surface area contributed by atoms with Crippen molar-refractivity contribution in [3.8, 4) is 5.75 Å². The van der Waals surface area contributed by atoms with E-state index in [0.29, 0.717) is 23.6 Å². The number of rotatable bonds is 4. The Morgan fingerprint density at radius 2 is 1.67 bits per heavy atom. The lowest BCUT2D eigenvalue weighted by Gasteiger charge is -2.33. The number of hydrogen-bond donors (Lipinski definition) is 1. The van der Waals surface area contributed by atoms with Crippen molar-refractivity contribution in [2.24, 2.45) is 5.92 Å². The number of carbonyl (C=O) groups is 1. The fraction of sp³-hybridized carbons (Fsp3) is 0.588. The highest BCUT2D eigenvalue weighted by Crippen LogP contribution is 2.37. The van der Waals surface area contributed by atoms with Crippen LogP contribution < -0.4 is 10.1 Å². The fourth-order valence-electron chi connectivity index (χ4n) is 2.77. The third-order valence-electron chi connectivity index (χ3n) is 4.26. The molecule has 2 rings (SSSR count). The monoisotopic (exact) mass is 363 g/mol. The maximum atomic E-state index is 12.7. The minimum Gasteiger partial charge on any atom is -0.478 e. The van der Waals surface area contributed by atoms with Crippen LogP contribution in [0.3, 0.4) is 0 Å². The lowest BCUT2D eigenvalue weighted by Crippen LogP contribution is -2.51. The number of benzene rings is 1. The first-order chi connectivity index (χ1) is 11.1. The Morgan fingerprint density at radius 3 is 2.17 bits per heavy atom. The van der Waals surface area contributed by atoms with Gasteiger partial charge in [-0.1, -0.05) is 11.6 Å². The molecule has 0 bridgehead atoms. The zero-order valence-corrected chi connectivity index (χ0v) is 14.4. The minimum atomic E-state index is -4.15. The van der Waals surface area contributed by atoms with Gasteiger partial charge in [-0.25, -0.2) is 0 Å². The highest BCUT2D eigenvalue weighted by Gasteiger charge is 2.42. The molecule has 1 N–H and O–H groups in total. The van der Waals surface area contributed by atoms with E-state index in [4.69, 9.17) is 16.3 Å². The van der Waals surface area contributed by atoms with Gasteiger partial charge in [0.15, 0.2) is 5.60 Å². The quantitative estimate of drug-likeness (QED) is 0.839. The second-order valence-corrected chi connectivity index (χ2v) is 7.07. The molecule has 1 aromatic rings. The number of carbonyl (C=O) groups excluding carboxylic acids is 1. The van der Waals surface area contributed by atoms with E-state index in [0.717, 1.165) is 0 Å². The summed E-state index contributed by atoms with van der Waals surface area (Å²) in [5.74, 6) is -1.10. The Labute approximate surface area is 144 Å². The molecule has 1 aliphatic carbocycles. The van der Waals surface area contributed by atoms with Crippen molar-refractivity contribution < 1.29 is 22.7 Å². The van der Waals surface area contributed by atoms with Crippen molar-refractivity contribution in [1.82, 2.24) is 5.32 Å².